The van der Waals surface area contributed by atoms with Gasteiger partial charge in [-0.1, -0.05) is 139 Å². The van der Waals surface area contributed by atoms with Crippen LogP contribution in [0.2, 0.25) is 0 Å². The van der Waals surface area contributed by atoms with Crippen LogP contribution in [0.15, 0.2) is 77.8 Å². The molecule has 0 saturated carbocycles. The maximum absolute atomic E-state index is 12.8. The molecule has 1 fully saturated rings. The van der Waals surface area contributed by atoms with Crippen molar-refractivity contribution in [1.29, 1.82) is 0 Å². The van der Waals surface area contributed by atoms with E-state index in [1.165, 1.54) is 38.2 Å². The van der Waals surface area contributed by atoms with E-state index in [4.69, 9.17) is 29.0 Å². The molecule has 1 aromatic rings. The van der Waals surface area contributed by atoms with Gasteiger partial charge in [0.2, 0.25) is 0 Å². The highest BCUT2D eigenvalue weighted by molar-refractivity contribution is 7.61. The van der Waals surface area contributed by atoms with Crippen LogP contribution in [0.25, 0.3) is 0 Å². The number of nitrogens with two attached hydrogens (primary N) is 1. The Bertz CT molecular complexity index is 1910. The fourth-order valence-corrected chi connectivity index (χ4v) is 8.78. The van der Waals surface area contributed by atoms with Gasteiger partial charge in [-0.2, -0.15) is 9.29 Å². The van der Waals surface area contributed by atoms with Crippen molar-refractivity contribution in [2.75, 3.05) is 25.6 Å². The fourth-order valence-electron chi connectivity index (χ4n) is 6.67. The smallest absolute Gasteiger partial charge is 0.462 e. The molecule has 0 aromatic carbocycles. The van der Waals surface area contributed by atoms with Crippen molar-refractivity contribution in [3.05, 3.63) is 83.5 Å². The second-order valence-corrected chi connectivity index (χ2v) is 19.7. The van der Waals surface area contributed by atoms with Crippen molar-refractivity contribution in [2.45, 2.75) is 173 Å². The highest BCUT2D eigenvalue weighted by Gasteiger charge is 2.46. The summed E-state index contributed by atoms with van der Waals surface area (Å²) in [5, 5.41) is 31.2. The number of carbonyl (C=O) groups excluding carboxylic acids is 2. The van der Waals surface area contributed by atoms with Gasteiger partial charge < -0.3 is 45.1 Å². The van der Waals surface area contributed by atoms with E-state index in [9.17, 15) is 48.6 Å². The number of unbranched alkanes of at least 4 members (excludes halogenated alkanes) is 7. The molecule has 0 radical (unpaired) electrons. The molecule has 0 bridgehead atoms. The van der Waals surface area contributed by atoms with Crippen LogP contribution in [0.1, 0.15) is 143 Å². The Morgan fingerprint density at radius 2 is 1.41 bits per heavy atom. The normalized spacial score (nSPS) is 20.9. The van der Waals surface area contributed by atoms with Crippen LogP contribution in [0.4, 0.5) is 5.82 Å². The van der Waals surface area contributed by atoms with Crippen LogP contribution in [-0.4, -0.2) is 96.9 Å². The predicted molar refractivity (Wildman–Crippen MR) is 258 cm³/mol. The number of aliphatic hydroxyl groups is 3. The number of aromatic nitrogens is 2. The van der Waals surface area contributed by atoms with Crippen molar-refractivity contribution < 1.29 is 71.4 Å². The van der Waals surface area contributed by atoms with Gasteiger partial charge in [-0.15, -0.1) is 0 Å². The molecule has 2 rings (SSSR count). The quantitative estimate of drug-likeness (QED) is 0.0121. The number of rotatable bonds is 37. The largest absolute Gasteiger partial charge is 0.481 e. The molecule has 1 aliphatic heterocycles. The van der Waals surface area contributed by atoms with E-state index in [2.05, 4.69) is 60.4 Å². The summed E-state index contributed by atoms with van der Waals surface area (Å²) < 4.78 is 56.5. The number of anilines is 1. The zero-order chi connectivity index (χ0) is 50.2. The summed E-state index contributed by atoms with van der Waals surface area (Å²) in [5.74, 6) is -0.760. The first-order valence-electron chi connectivity index (χ1n) is 23.8. The Morgan fingerprint density at radius 3 is 2.06 bits per heavy atom. The molecule has 68 heavy (non-hydrogen) atoms. The van der Waals surface area contributed by atoms with Gasteiger partial charge in [0.05, 0.1) is 19.3 Å². The summed E-state index contributed by atoms with van der Waals surface area (Å²) in [6.45, 7) is 4.10. The minimum absolute atomic E-state index is 0.0835. The third-order valence-electron chi connectivity index (χ3n) is 10.8. The maximum Gasteiger partial charge on any atom is 0.481 e. The first-order valence-corrected chi connectivity index (χ1v) is 26.8. The van der Waals surface area contributed by atoms with Crippen LogP contribution in [0, 0.1) is 5.92 Å². The lowest BCUT2D eigenvalue weighted by Gasteiger charge is -2.21. The third kappa shape index (κ3) is 27.6. The predicted octanol–water partition coefficient (Wildman–Crippen LogP) is 7.99. The molecule has 386 valence electrons. The Labute approximate surface area is 401 Å². The van der Waals surface area contributed by atoms with Crippen LogP contribution >= 0.6 is 15.6 Å². The number of esters is 2. The Morgan fingerprint density at radius 1 is 0.809 bits per heavy atom. The number of ether oxygens (including phenoxy) is 3. The molecule has 0 aliphatic carbocycles. The zero-order valence-corrected chi connectivity index (χ0v) is 41.7. The summed E-state index contributed by atoms with van der Waals surface area (Å²) in [6, 6.07) is 1.23. The van der Waals surface area contributed by atoms with Crippen molar-refractivity contribution in [2.24, 2.45) is 5.92 Å². The van der Waals surface area contributed by atoms with Crippen molar-refractivity contribution >= 4 is 33.4 Å². The van der Waals surface area contributed by atoms with Gasteiger partial charge in [0.1, 0.15) is 30.7 Å². The summed E-state index contributed by atoms with van der Waals surface area (Å²) >= 11 is 0. The van der Waals surface area contributed by atoms with Crippen LogP contribution in [0.5, 0.6) is 0 Å². The Hall–Kier alpha value is -3.58. The zero-order valence-electron chi connectivity index (χ0n) is 39.9. The Balaban J connectivity index is 1.89. The van der Waals surface area contributed by atoms with Gasteiger partial charge in [-0.05, 0) is 56.9 Å². The first-order chi connectivity index (χ1) is 32.5. The minimum atomic E-state index is -5.47. The van der Waals surface area contributed by atoms with Gasteiger partial charge in [0, 0.05) is 19.0 Å². The summed E-state index contributed by atoms with van der Waals surface area (Å²) in [4.78, 5) is 61.8. The van der Waals surface area contributed by atoms with Gasteiger partial charge >= 0.3 is 33.3 Å². The second-order valence-electron chi connectivity index (χ2n) is 16.7. The van der Waals surface area contributed by atoms with Crippen LogP contribution in [0.3, 0.4) is 0 Å². The summed E-state index contributed by atoms with van der Waals surface area (Å²) in [7, 11) is -10.9. The SMILES string of the molecule is CC/C=C\C/C=C\C/C=C\C/C=C\C=C\C(O)CCCC(=O)O[C@H](COC(=O)CCCCCCCCCCC(C)CC)COP(=O)(O)OP(=O)(O)OC[C@H]1O[C@@H](n2ccc(N)nc2=O)[C@H](O)[C@@H]1O. The second kappa shape index (κ2) is 34.7. The Kier molecular flexibility index (Phi) is 30.9. The van der Waals surface area contributed by atoms with E-state index in [0.29, 0.717) is 6.42 Å². The van der Waals surface area contributed by atoms with Gasteiger partial charge in [0.15, 0.2) is 12.3 Å². The molecule has 1 aliphatic rings. The third-order valence-corrected chi connectivity index (χ3v) is 13.4. The monoisotopic (exact) mass is 1000 g/mol. The number of allylic oxidation sites excluding steroid dienone is 9. The maximum atomic E-state index is 12.8. The first kappa shape index (κ1) is 60.5. The van der Waals surface area contributed by atoms with Crippen molar-refractivity contribution in [1.82, 2.24) is 9.55 Å². The van der Waals surface area contributed by atoms with Crippen LogP contribution < -0.4 is 11.4 Å². The highest BCUT2D eigenvalue weighted by Crippen LogP contribution is 2.60. The number of phosphoric ester groups is 2. The van der Waals surface area contributed by atoms with Gasteiger partial charge in [-0.25, -0.2) is 13.9 Å². The van der Waals surface area contributed by atoms with Gasteiger partial charge in [-0.3, -0.25) is 23.2 Å². The number of aliphatic hydroxyl groups excluding tert-OH is 3. The number of hydrogen-bond donors (Lipinski definition) is 6. The summed E-state index contributed by atoms with van der Waals surface area (Å²) in [6.07, 6.45) is 26.4. The molecule has 19 nitrogen and oxygen atoms in total. The average molecular weight is 1000 g/mol. The van der Waals surface area contributed by atoms with E-state index >= 15 is 0 Å². The molecule has 1 aromatic heterocycles. The topological polar surface area (TPSA) is 286 Å². The van der Waals surface area contributed by atoms with E-state index in [1.807, 2.05) is 18.2 Å². The summed E-state index contributed by atoms with van der Waals surface area (Å²) in [5.41, 5.74) is 4.56. The van der Waals surface area contributed by atoms with E-state index in [0.717, 1.165) is 68.0 Å². The molecule has 4 unspecified atom stereocenters. The van der Waals surface area contributed by atoms with Crippen molar-refractivity contribution in [3.63, 3.8) is 0 Å². The molecular formula is C47H77N3O16P2. The number of hydrogen-bond acceptors (Lipinski definition) is 16. The number of carbonyl (C=O) groups is 2. The lowest BCUT2D eigenvalue weighted by atomic mass is 9.99. The molecule has 0 amide bonds. The van der Waals surface area contributed by atoms with E-state index < -0.39 is 89.8 Å². The van der Waals surface area contributed by atoms with Crippen LogP contribution in [-0.2, 0) is 46.3 Å². The average Bonchev–Trinajstić information content (AvgIpc) is 3.57. The lowest BCUT2D eigenvalue weighted by Crippen LogP contribution is -2.36. The minimum Gasteiger partial charge on any atom is -0.462 e. The number of nitrogen functional groups attached to an aromatic ring is 1. The molecule has 7 N–H and O–H groups in total. The number of phosphoric acid groups is 2. The molecule has 9 atom stereocenters. The standard InChI is InChI=1S/C47H77N3O16P2/c1-4-6-7-8-9-10-11-12-13-14-18-21-24-28-38(51)29-26-31-43(53)64-39(34-61-42(52)30-25-22-19-16-15-17-20-23-27-37(3)5-2)35-62-67(57,58)66-68(59,60)63-36-40-44(54)45(55)46(65-40)50-33-32-41(48)49-47(50)56/h6-7,9-10,12-13,18,21,24,28,32-33,37-40,44-46,51,54-55H,4-5,8,11,14-17,19-20,22-23,25-27,29-31,34-36H2,1-3H3,(H,57,58)(H,59,60)(H2,48,49,56)/b7-6-,10-9-,13-12-,21-18-,28-24+/t37?,38?,39-,40-,44-,45-,46-/m1/s1. The molecular weight excluding hydrogens is 924 g/mol. The van der Waals surface area contributed by atoms with Crippen molar-refractivity contribution in [3.8, 4) is 0 Å². The highest BCUT2D eigenvalue weighted by atomic mass is 31.3. The lowest BCUT2D eigenvalue weighted by molar-refractivity contribution is -0.161. The fraction of sp³-hybridized carbons (Fsp3) is 0.660. The molecule has 21 heteroatoms. The van der Waals surface area contributed by atoms with E-state index in [-0.39, 0.29) is 31.5 Å². The number of nitrogens with zero attached hydrogens (tertiary/aromatic N) is 2. The van der Waals surface area contributed by atoms with Gasteiger partial charge in [0.25, 0.3) is 0 Å². The molecule has 1 saturated heterocycles. The van der Waals surface area contributed by atoms with E-state index in [1.54, 1.807) is 12.2 Å². The molecule has 2 heterocycles. The molecule has 0 spiro atoms.